The van der Waals surface area contributed by atoms with Gasteiger partial charge in [0.15, 0.2) is 0 Å². The smallest absolute Gasteiger partial charge is 0.0720 e. The summed E-state index contributed by atoms with van der Waals surface area (Å²) in [6, 6.07) is 10.1. The fraction of sp³-hybridized carbons (Fsp3) is 0.538. The quantitative estimate of drug-likeness (QED) is 0.827. The molecule has 2 nitrogen and oxygen atoms in total. The van der Waals surface area contributed by atoms with Crippen LogP contribution in [-0.2, 0) is 11.3 Å². The summed E-state index contributed by atoms with van der Waals surface area (Å²) in [6.45, 7) is 4.66. The van der Waals surface area contributed by atoms with Gasteiger partial charge in [0.1, 0.15) is 0 Å². The minimum Gasteiger partial charge on any atom is -0.393 e. The lowest BCUT2D eigenvalue weighted by atomic mass is 9.92. The summed E-state index contributed by atoms with van der Waals surface area (Å²) in [5.74, 6) is 0. The van der Waals surface area contributed by atoms with Crippen LogP contribution in [0.4, 0.5) is 0 Å². The normalized spacial score (nSPS) is 23.7. The van der Waals surface area contributed by atoms with E-state index in [2.05, 4.69) is 12.1 Å². The van der Waals surface area contributed by atoms with Crippen molar-refractivity contribution >= 4 is 0 Å². The highest BCUT2D eigenvalue weighted by Gasteiger charge is 2.27. The molecule has 0 bridgehead atoms. The molecule has 1 aromatic rings. The molecule has 15 heavy (non-hydrogen) atoms. The Morgan fingerprint density at radius 2 is 1.80 bits per heavy atom. The molecule has 0 amide bonds. The van der Waals surface area contributed by atoms with Gasteiger partial charge in [0.25, 0.3) is 0 Å². The maximum Gasteiger partial charge on any atom is 0.0720 e. The molecule has 0 aliphatic heterocycles. The minimum absolute atomic E-state index is 0.124. The van der Waals surface area contributed by atoms with Crippen molar-refractivity contribution in [3.05, 3.63) is 35.9 Å². The maximum atomic E-state index is 9.04. The Bertz CT molecular complexity index is 252. The summed E-state index contributed by atoms with van der Waals surface area (Å²) in [7, 11) is 0. The SMILES string of the molecule is CC.OC1CC(OCc2ccccc2)C1. The highest BCUT2D eigenvalue weighted by Crippen LogP contribution is 2.23. The van der Waals surface area contributed by atoms with Gasteiger partial charge in [-0.3, -0.25) is 0 Å². The monoisotopic (exact) mass is 208 g/mol. The van der Waals surface area contributed by atoms with Gasteiger partial charge in [0.2, 0.25) is 0 Å². The number of hydrogen-bond acceptors (Lipinski definition) is 2. The number of aliphatic hydroxyl groups excluding tert-OH is 1. The lowest BCUT2D eigenvalue weighted by Crippen LogP contribution is -2.35. The summed E-state index contributed by atoms with van der Waals surface area (Å²) in [5, 5.41) is 9.04. The fourth-order valence-electron chi connectivity index (χ4n) is 1.46. The van der Waals surface area contributed by atoms with Crippen molar-refractivity contribution in [2.75, 3.05) is 0 Å². The van der Waals surface area contributed by atoms with E-state index in [0.29, 0.717) is 6.61 Å². The highest BCUT2D eigenvalue weighted by atomic mass is 16.5. The van der Waals surface area contributed by atoms with Crippen LogP contribution in [0, 0.1) is 0 Å². The molecular formula is C13H20O2. The zero-order chi connectivity index (χ0) is 11.1. The van der Waals surface area contributed by atoms with Crippen LogP contribution in [0.3, 0.4) is 0 Å². The van der Waals surface area contributed by atoms with E-state index in [4.69, 9.17) is 9.84 Å². The Hall–Kier alpha value is -0.860. The van der Waals surface area contributed by atoms with Crippen LogP contribution < -0.4 is 0 Å². The largest absolute Gasteiger partial charge is 0.393 e. The molecule has 1 aliphatic carbocycles. The average molecular weight is 208 g/mol. The Morgan fingerprint density at radius 3 is 2.33 bits per heavy atom. The van der Waals surface area contributed by atoms with Crippen LogP contribution in [0.5, 0.6) is 0 Å². The van der Waals surface area contributed by atoms with E-state index in [9.17, 15) is 0 Å². The van der Waals surface area contributed by atoms with E-state index < -0.39 is 0 Å². The first-order chi connectivity index (χ1) is 7.34. The first-order valence-electron chi connectivity index (χ1n) is 5.68. The van der Waals surface area contributed by atoms with Crippen LogP contribution in [0.1, 0.15) is 32.3 Å². The third kappa shape index (κ3) is 4.02. The van der Waals surface area contributed by atoms with E-state index in [-0.39, 0.29) is 12.2 Å². The molecule has 0 saturated heterocycles. The molecule has 0 radical (unpaired) electrons. The van der Waals surface area contributed by atoms with Crippen molar-refractivity contribution in [2.45, 2.75) is 45.5 Å². The predicted octanol–water partition coefficient (Wildman–Crippen LogP) is 2.75. The zero-order valence-electron chi connectivity index (χ0n) is 9.52. The van der Waals surface area contributed by atoms with Crippen LogP contribution in [0.2, 0.25) is 0 Å². The standard InChI is InChI=1S/C11H14O2.C2H6/c12-10-6-11(7-10)13-8-9-4-2-1-3-5-9;1-2/h1-5,10-12H,6-8H2;1-2H3. The average Bonchev–Trinajstić information content (AvgIpc) is 2.27. The zero-order valence-corrected chi connectivity index (χ0v) is 9.52. The Kier molecular flexibility index (Phi) is 5.37. The lowest BCUT2D eigenvalue weighted by molar-refractivity contribution is -0.0778. The molecule has 1 N–H and O–H groups in total. The minimum atomic E-state index is -0.124. The van der Waals surface area contributed by atoms with Crippen molar-refractivity contribution in [3.63, 3.8) is 0 Å². The first-order valence-corrected chi connectivity index (χ1v) is 5.68. The molecule has 0 unspecified atom stereocenters. The Labute approximate surface area is 91.9 Å². The van der Waals surface area contributed by atoms with Gasteiger partial charge in [-0.05, 0) is 18.4 Å². The Morgan fingerprint density at radius 1 is 1.20 bits per heavy atom. The highest BCUT2D eigenvalue weighted by molar-refractivity contribution is 5.13. The van der Waals surface area contributed by atoms with Gasteiger partial charge in [0.05, 0.1) is 18.8 Å². The third-order valence-corrected chi connectivity index (χ3v) is 2.40. The molecule has 1 saturated carbocycles. The second-order valence-corrected chi connectivity index (χ2v) is 3.54. The van der Waals surface area contributed by atoms with Crippen molar-refractivity contribution < 1.29 is 9.84 Å². The number of benzene rings is 1. The maximum absolute atomic E-state index is 9.04. The molecule has 0 heterocycles. The Balaban J connectivity index is 0.000000531. The molecule has 2 rings (SSSR count). The third-order valence-electron chi connectivity index (χ3n) is 2.40. The van der Waals surface area contributed by atoms with Gasteiger partial charge in [-0.1, -0.05) is 44.2 Å². The summed E-state index contributed by atoms with van der Waals surface area (Å²) in [4.78, 5) is 0. The van der Waals surface area contributed by atoms with Gasteiger partial charge in [-0.25, -0.2) is 0 Å². The van der Waals surface area contributed by atoms with Gasteiger partial charge in [-0.15, -0.1) is 0 Å². The van der Waals surface area contributed by atoms with Crippen LogP contribution in [-0.4, -0.2) is 17.3 Å². The van der Waals surface area contributed by atoms with Crippen molar-refractivity contribution in [1.29, 1.82) is 0 Å². The lowest BCUT2D eigenvalue weighted by Gasteiger charge is -2.31. The predicted molar refractivity (Wildman–Crippen MR) is 61.6 cm³/mol. The number of hydrogen-bond donors (Lipinski definition) is 1. The first kappa shape index (κ1) is 12.2. The van der Waals surface area contributed by atoms with Gasteiger partial charge >= 0.3 is 0 Å². The van der Waals surface area contributed by atoms with E-state index in [0.717, 1.165) is 12.8 Å². The van der Waals surface area contributed by atoms with Gasteiger partial charge in [0, 0.05) is 0 Å². The second kappa shape index (κ2) is 6.59. The van der Waals surface area contributed by atoms with Gasteiger partial charge < -0.3 is 9.84 Å². The van der Waals surface area contributed by atoms with Crippen LogP contribution in [0.15, 0.2) is 30.3 Å². The van der Waals surface area contributed by atoms with E-state index in [1.54, 1.807) is 0 Å². The summed E-state index contributed by atoms with van der Waals surface area (Å²) >= 11 is 0. The van der Waals surface area contributed by atoms with E-state index in [1.165, 1.54) is 5.56 Å². The summed E-state index contributed by atoms with van der Waals surface area (Å²) < 4.78 is 5.57. The van der Waals surface area contributed by atoms with E-state index >= 15 is 0 Å². The van der Waals surface area contributed by atoms with Crippen LogP contribution in [0.25, 0.3) is 0 Å². The molecule has 0 spiro atoms. The molecule has 1 aromatic carbocycles. The topological polar surface area (TPSA) is 29.5 Å². The number of rotatable bonds is 3. The molecule has 84 valence electrons. The molecule has 0 atom stereocenters. The molecule has 1 fully saturated rings. The number of ether oxygens (including phenoxy) is 1. The van der Waals surface area contributed by atoms with Crippen LogP contribution >= 0.6 is 0 Å². The molecule has 0 aromatic heterocycles. The fourth-order valence-corrected chi connectivity index (χ4v) is 1.46. The van der Waals surface area contributed by atoms with Gasteiger partial charge in [-0.2, -0.15) is 0 Å². The second-order valence-electron chi connectivity index (χ2n) is 3.54. The molecule has 1 aliphatic rings. The molecular weight excluding hydrogens is 188 g/mol. The molecule has 2 heteroatoms. The summed E-state index contributed by atoms with van der Waals surface area (Å²) in [5.41, 5.74) is 1.20. The summed E-state index contributed by atoms with van der Waals surface area (Å²) in [6.07, 6.45) is 1.75. The number of aliphatic hydroxyl groups is 1. The van der Waals surface area contributed by atoms with Crippen molar-refractivity contribution in [1.82, 2.24) is 0 Å². The van der Waals surface area contributed by atoms with E-state index in [1.807, 2.05) is 32.0 Å². The van der Waals surface area contributed by atoms with Crippen molar-refractivity contribution in [2.24, 2.45) is 0 Å². The van der Waals surface area contributed by atoms with Crippen molar-refractivity contribution in [3.8, 4) is 0 Å².